The molecule has 0 unspecified atom stereocenters. The molecule has 0 saturated carbocycles. The van der Waals surface area contributed by atoms with Gasteiger partial charge in [-0.2, -0.15) is 0 Å². The second-order valence-electron chi connectivity index (χ2n) is 5.23. The predicted octanol–water partition coefficient (Wildman–Crippen LogP) is 2.36. The lowest BCUT2D eigenvalue weighted by Crippen LogP contribution is -2.29. The number of benzene rings is 1. The number of sulfone groups is 1. The topological polar surface area (TPSA) is 59.3 Å². The van der Waals surface area contributed by atoms with E-state index in [0.29, 0.717) is 30.0 Å². The Morgan fingerprint density at radius 3 is 2.76 bits per heavy atom. The Balaban J connectivity index is 1.65. The van der Waals surface area contributed by atoms with Gasteiger partial charge in [-0.3, -0.25) is 0 Å². The summed E-state index contributed by atoms with van der Waals surface area (Å²) in [5.74, 6) is 1.23. The molecule has 6 heteroatoms. The largest absolute Gasteiger partial charge is 0.460 e. The molecule has 21 heavy (non-hydrogen) atoms. The Hall–Kier alpha value is -1.66. The molecule has 2 aromatic rings. The Morgan fingerprint density at radius 1 is 1.24 bits per heavy atom. The van der Waals surface area contributed by atoms with Crippen molar-refractivity contribution in [2.45, 2.75) is 19.0 Å². The van der Waals surface area contributed by atoms with E-state index in [-0.39, 0.29) is 23.4 Å². The van der Waals surface area contributed by atoms with Gasteiger partial charge in [0.25, 0.3) is 0 Å². The van der Waals surface area contributed by atoms with E-state index in [2.05, 4.69) is 5.32 Å². The molecule has 0 amide bonds. The fourth-order valence-corrected chi connectivity index (χ4v) is 4.19. The first-order valence-corrected chi connectivity index (χ1v) is 8.63. The highest BCUT2D eigenvalue weighted by Gasteiger charge is 2.27. The summed E-state index contributed by atoms with van der Waals surface area (Å²) in [6, 6.07) is 9.90. The van der Waals surface area contributed by atoms with E-state index >= 15 is 0 Å². The van der Waals surface area contributed by atoms with Crippen LogP contribution in [0.4, 0.5) is 4.39 Å². The van der Waals surface area contributed by atoms with Crippen LogP contribution in [0, 0.1) is 5.82 Å². The quantitative estimate of drug-likeness (QED) is 0.942. The van der Waals surface area contributed by atoms with E-state index in [0.717, 1.165) is 0 Å². The van der Waals surface area contributed by atoms with Crippen molar-refractivity contribution >= 4 is 9.84 Å². The zero-order valence-electron chi connectivity index (χ0n) is 11.4. The maximum atomic E-state index is 13.7. The highest BCUT2D eigenvalue weighted by Crippen LogP contribution is 2.24. The molecule has 1 aliphatic rings. The first-order valence-electron chi connectivity index (χ1n) is 6.81. The van der Waals surface area contributed by atoms with Crippen molar-refractivity contribution < 1.29 is 17.2 Å². The van der Waals surface area contributed by atoms with Crippen LogP contribution < -0.4 is 5.32 Å². The van der Waals surface area contributed by atoms with Gasteiger partial charge >= 0.3 is 0 Å². The number of hydrogen-bond donors (Lipinski definition) is 1. The van der Waals surface area contributed by atoms with Gasteiger partial charge in [0.2, 0.25) is 0 Å². The monoisotopic (exact) mass is 309 g/mol. The van der Waals surface area contributed by atoms with Crippen molar-refractivity contribution in [1.82, 2.24) is 5.32 Å². The van der Waals surface area contributed by atoms with Gasteiger partial charge in [-0.05, 0) is 30.7 Å². The number of nitrogens with one attached hydrogen (secondary N) is 1. The molecule has 3 rings (SSSR count). The van der Waals surface area contributed by atoms with Gasteiger partial charge in [0.05, 0.1) is 23.6 Å². The summed E-state index contributed by atoms with van der Waals surface area (Å²) in [5, 5.41) is 3.17. The van der Waals surface area contributed by atoms with Gasteiger partial charge in [-0.15, -0.1) is 0 Å². The van der Waals surface area contributed by atoms with Crippen LogP contribution in [0.3, 0.4) is 0 Å². The van der Waals surface area contributed by atoms with E-state index in [9.17, 15) is 12.8 Å². The van der Waals surface area contributed by atoms with Crippen LogP contribution in [-0.4, -0.2) is 26.0 Å². The zero-order chi connectivity index (χ0) is 14.9. The summed E-state index contributed by atoms with van der Waals surface area (Å²) in [6.45, 7) is 0.439. The van der Waals surface area contributed by atoms with Crippen LogP contribution in [0.1, 0.15) is 12.2 Å². The van der Waals surface area contributed by atoms with Crippen molar-refractivity contribution in [3.8, 4) is 11.3 Å². The third-order valence-corrected chi connectivity index (χ3v) is 5.37. The second-order valence-corrected chi connectivity index (χ2v) is 7.46. The van der Waals surface area contributed by atoms with E-state index in [1.165, 1.54) is 6.07 Å². The molecular weight excluding hydrogens is 293 g/mol. The first-order chi connectivity index (χ1) is 10.0. The highest BCUT2D eigenvalue weighted by atomic mass is 32.2. The molecule has 112 valence electrons. The Labute approximate surface area is 122 Å². The minimum absolute atomic E-state index is 0.0305. The SMILES string of the molecule is O=S1(=O)CC[C@@H](NCc2ccc(-c3ccccc3F)o2)C1. The van der Waals surface area contributed by atoms with Crippen molar-refractivity contribution in [3.05, 3.63) is 48.0 Å². The van der Waals surface area contributed by atoms with Crippen LogP contribution in [0.15, 0.2) is 40.8 Å². The lowest BCUT2D eigenvalue weighted by molar-refractivity contribution is 0.462. The van der Waals surface area contributed by atoms with Gasteiger partial charge in [-0.25, -0.2) is 12.8 Å². The van der Waals surface area contributed by atoms with E-state index in [1.54, 1.807) is 30.3 Å². The summed E-state index contributed by atoms with van der Waals surface area (Å²) >= 11 is 0. The molecule has 1 saturated heterocycles. The predicted molar refractivity (Wildman–Crippen MR) is 78.0 cm³/mol. The molecule has 2 heterocycles. The number of furan rings is 1. The summed E-state index contributed by atoms with van der Waals surface area (Å²) < 4.78 is 42.0. The Bertz CT molecular complexity index is 739. The number of hydrogen-bond acceptors (Lipinski definition) is 4. The lowest BCUT2D eigenvalue weighted by atomic mass is 10.1. The van der Waals surface area contributed by atoms with Crippen LogP contribution in [0.25, 0.3) is 11.3 Å². The van der Waals surface area contributed by atoms with E-state index < -0.39 is 9.84 Å². The number of halogens is 1. The van der Waals surface area contributed by atoms with Gasteiger partial charge in [0, 0.05) is 6.04 Å². The molecule has 4 nitrogen and oxygen atoms in total. The van der Waals surface area contributed by atoms with Gasteiger partial charge in [0.1, 0.15) is 17.3 Å². The van der Waals surface area contributed by atoms with Gasteiger partial charge in [-0.1, -0.05) is 12.1 Å². The van der Waals surface area contributed by atoms with Gasteiger partial charge in [0.15, 0.2) is 9.84 Å². The molecular formula is C15H16FNO3S. The Kier molecular flexibility index (Phi) is 3.82. The summed E-state index contributed by atoms with van der Waals surface area (Å²) in [6.07, 6.45) is 0.628. The zero-order valence-corrected chi connectivity index (χ0v) is 12.2. The van der Waals surface area contributed by atoms with E-state index in [1.807, 2.05) is 0 Å². The van der Waals surface area contributed by atoms with E-state index in [4.69, 9.17) is 4.42 Å². The summed E-state index contributed by atoms with van der Waals surface area (Å²) in [4.78, 5) is 0. The maximum Gasteiger partial charge on any atom is 0.151 e. The smallest absolute Gasteiger partial charge is 0.151 e. The fourth-order valence-electron chi connectivity index (χ4n) is 2.48. The van der Waals surface area contributed by atoms with Crippen LogP contribution >= 0.6 is 0 Å². The third kappa shape index (κ3) is 3.33. The maximum absolute atomic E-state index is 13.7. The average Bonchev–Trinajstić information content (AvgIpc) is 3.03. The van der Waals surface area contributed by atoms with Crippen molar-refractivity contribution in [2.75, 3.05) is 11.5 Å². The first kappa shape index (κ1) is 14.3. The molecule has 0 bridgehead atoms. The second kappa shape index (κ2) is 5.61. The van der Waals surface area contributed by atoms with Crippen LogP contribution in [0.5, 0.6) is 0 Å². The molecule has 1 fully saturated rings. The number of rotatable bonds is 4. The molecule has 0 radical (unpaired) electrons. The molecule has 1 aromatic heterocycles. The summed E-state index contributed by atoms with van der Waals surface area (Å²) in [5.41, 5.74) is 0.423. The van der Waals surface area contributed by atoms with Crippen LogP contribution in [0.2, 0.25) is 0 Å². The third-order valence-electron chi connectivity index (χ3n) is 3.60. The van der Waals surface area contributed by atoms with Gasteiger partial charge < -0.3 is 9.73 Å². The fraction of sp³-hybridized carbons (Fsp3) is 0.333. The molecule has 1 N–H and O–H groups in total. The van der Waals surface area contributed by atoms with Crippen molar-refractivity contribution in [2.24, 2.45) is 0 Å². The molecule has 1 aliphatic heterocycles. The van der Waals surface area contributed by atoms with Crippen molar-refractivity contribution in [3.63, 3.8) is 0 Å². The minimum Gasteiger partial charge on any atom is -0.460 e. The summed E-state index contributed by atoms with van der Waals surface area (Å²) in [7, 11) is -2.89. The minimum atomic E-state index is -2.89. The van der Waals surface area contributed by atoms with Crippen LogP contribution in [-0.2, 0) is 16.4 Å². The standard InChI is InChI=1S/C15H16FNO3S/c16-14-4-2-1-3-13(14)15-6-5-12(20-15)9-17-11-7-8-21(18,19)10-11/h1-6,11,17H,7-10H2/t11-/m1/s1. The molecule has 0 aliphatic carbocycles. The molecule has 0 spiro atoms. The van der Waals surface area contributed by atoms with Crippen molar-refractivity contribution in [1.29, 1.82) is 0 Å². The highest BCUT2D eigenvalue weighted by molar-refractivity contribution is 7.91. The normalized spacial score (nSPS) is 20.7. The Morgan fingerprint density at radius 2 is 2.05 bits per heavy atom. The molecule has 1 atom stereocenters. The molecule has 1 aromatic carbocycles. The average molecular weight is 309 g/mol. The lowest BCUT2D eigenvalue weighted by Gasteiger charge is -2.08.